The summed E-state index contributed by atoms with van der Waals surface area (Å²) < 4.78 is 10.5. The number of hydrogen-bond donors (Lipinski definition) is 1. The number of aromatic nitrogens is 3. The van der Waals surface area contributed by atoms with Crippen LogP contribution in [-0.2, 0) is 16.0 Å². The van der Waals surface area contributed by atoms with Crippen LogP contribution in [0.15, 0.2) is 29.0 Å². The number of likely N-dealkylation sites (tertiary alicyclic amines) is 1. The summed E-state index contributed by atoms with van der Waals surface area (Å²) in [5, 5.41) is 11.1. The van der Waals surface area contributed by atoms with Crippen LogP contribution in [0.5, 0.6) is 0 Å². The van der Waals surface area contributed by atoms with E-state index in [-0.39, 0.29) is 24.5 Å². The molecule has 0 unspecified atom stereocenters. The Morgan fingerprint density at radius 1 is 1.30 bits per heavy atom. The summed E-state index contributed by atoms with van der Waals surface area (Å²) in [6.07, 6.45) is 4.06. The van der Waals surface area contributed by atoms with Gasteiger partial charge in [0.1, 0.15) is 17.2 Å². The van der Waals surface area contributed by atoms with Crippen LogP contribution in [0, 0.1) is 18.8 Å². The lowest BCUT2D eigenvalue weighted by molar-refractivity contribution is -0.129. The van der Waals surface area contributed by atoms with Crippen LogP contribution in [-0.4, -0.2) is 58.4 Å². The van der Waals surface area contributed by atoms with Gasteiger partial charge in [0.25, 0.3) is 0 Å². The van der Waals surface area contributed by atoms with E-state index in [1.54, 1.807) is 20.2 Å². The van der Waals surface area contributed by atoms with Gasteiger partial charge in [0.2, 0.25) is 5.91 Å². The van der Waals surface area contributed by atoms with Gasteiger partial charge < -0.3 is 15.0 Å². The number of carbonyl (C=O) groups is 1. The lowest BCUT2D eigenvalue weighted by atomic mass is 9.77. The zero-order valence-corrected chi connectivity index (χ0v) is 15.7. The lowest BCUT2D eigenvalue weighted by Gasteiger charge is -2.37. The van der Waals surface area contributed by atoms with E-state index < -0.39 is 0 Å². The third kappa shape index (κ3) is 3.80. The maximum absolute atomic E-state index is 12.7. The number of ether oxygens (including phenoxy) is 1. The van der Waals surface area contributed by atoms with E-state index in [0.717, 1.165) is 31.7 Å². The summed E-state index contributed by atoms with van der Waals surface area (Å²) >= 11 is 0. The number of nitrogens with zero attached hydrogens (tertiary/aromatic N) is 4. The fourth-order valence-corrected chi connectivity index (χ4v) is 4.33. The summed E-state index contributed by atoms with van der Waals surface area (Å²) in [5.41, 5.74) is 1.30. The van der Waals surface area contributed by atoms with Gasteiger partial charge in [-0.3, -0.25) is 4.79 Å². The number of anilines is 1. The molecule has 2 aromatic rings. The first kappa shape index (κ1) is 17.9. The van der Waals surface area contributed by atoms with Crippen LogP contribution in [0.4, 0.5) is 5.82 Å². The zero-order valence-electron chi connectivity index (χ0n) is 15.7. The Kier molecular flexibility index (Phi) is 5.07. The van der Waals surface area contributed by atoms with Crippen LogP contribution in [0.3, 0.4) is 0 Å². The summed E-state index contributed by atoms with van der Waals surface area (Å²) in [7, 11) is 1.76. The van der Waals surface area contributed by atoms with Gasteiger partial charge in [0.15, 0.2) is 0 Å². The molecule has 8 heteroatoms. The van der Waals surface area contributed by atoms with Crippen LogP contribution in [0.2, 0.25) is 0 Å². The highest BCUT2D eigenvalue weighted by Crippen LogP contribution is 2.38. The van der Waals surface area contributed by atoms with E-state index in [1.807, 2.05) is 23.1 Å². The highest BCUT2D eigenvalue weighted by molar-refractivity contribution is 5.78. The van der Waals surface area contributed by atoms with Crippen molar-refractivity contribution in [3.05, 3.63) is 35.8 Å². The van der Waals surface area contributed by atoms with E-state index in [1.165, 1.54) is 0 Å². The minimum absolute atomic E-state index is 0.0893. The minimum atomic E-state index is 0.0893. The number of nitrogens with one attached hydrogen (secondary N) is 1. The maximum atomic E-state index is 12.7. The van der Waals surface area contributed by atoms with Gasteiger partial charge in [-0.1, -0.05) is 16.4 Å². The van der Waals surface area contributed by atoms with Crippen molar-refractivity contribution in [3.8, 4) is 0 Å². The van der Waals surface area contributed by atoms with Crippen LogP contribution in [0.25, 0.3) is 0 Å². The van der Waals surface area contributed by atoms with E-state index >= 15 is 0 Å². The Balaban J connectivity index is 1.40. The molecular weight excluding hydrogens is 346 g/mol. The van der Waals surface area contributed by atoms with Crippen molar-refractivity contribution >= 4 is 11.7 Å². The third-order valence-electron chi connectivity index (χ3n) is 5.84. The van der Waals surface area contributed by atoms with Gasteiger partial charge in [-0.05, 0) is 43.7 Å². The molecule has 3 heterocycles. The summed E-state index contributed by atoms with van der Waals surface area (Å²) in [4.78, 5) is 19.0. The summed E-state index contributed by atoms with van der Waals surface area (Å²) in [6.45, 7) is 3.37. The molecule has 4 rings (SSSR count). The second-order valence-electron chi connectivity index (χ2n) is 7.50. The molecule has 1 aliphatic heterocycles. The molecule has 1 aliphatic carbocycles. The van der Waals surface area contributed by atoms with Gasteiger partial charge in [-0.15, -0.1) is 0 Å². The number of aryl methyl sites for hydroxylation is 1. The van der Waals surface area contributed by atoms with Crippen molar-refractivity contribution in [2.24, 2.45) is 11.8 Å². The van der Waals surface area contributed by atoms with E-state index in [0.29, 0.717) is 23.2 Å². The van der Waals surface area contributed by atoms with Gasteiger partial charge >= 0.3 is 0 Å². The number of fused-ring (bicyclic) bond motifs is 1. The molecule has 1 amide bonds. The Bertz CT molecular complexity index is 781. The number of carbonyl (C=O) groups excluding carboxylic acids is 1. The largest absolute Gasteiger partial charge is 0.379 e. The normalized spacial score (nSPS) is 27.4. The van der Waals surface area contributed by atoms with E-state index in [4.69, 9.17) is 9.37 Å². The molecule has 2 aromatic heterocycles. The summed E-state index contributed by atoms with van der Waals surface area (Å²) in [6, 6.07) is 6.04. The highest BCUT2D eigenvalue weighted by Gasteiger charge is 2.43. The predicted molar refractivity (Wildman–Crippen MR) is 98.0 cm³/mol. The molecule has 1 saturated heterocycles. The molecular formula is C19H25N5O3. The fraction of sp³-hybridized carbons (Fsp3) is 0.579. The van der Waals surface area contributed by atoms with Gasteiger partial charge in [-0.2, -0.15) is 0 Å². The number of rotatable bonds is 5. The second kappa shape index (κ2) is 7.64. The average Bonchev–Trinajstić information content (AvgIpc) is 3.27. The van der Waals surface area contributed by atoms with Crippen molar-refractivity contribution in [1.29, 1.82) is 0 Å². The monoisotopic (exact) mass is 371 g/mol. The van der Waals surface area contributed by atoms with Crippen molar-refractivity contribution in [2.75, 3.05) is 25.5 Å². The minimum Gasteiger partial charge on any atom is -0.379 e. The zero-order chi connectivity index (χ0) is 18.8. The first-order valence-electron chi connectivity index (χ1n) is 9.40. The maximum Gasteiger partial charge on any atom is 0.228 e. The molecule has 0 aromatic carbocycles. The molecule has 8 nitrogen and oxygen atoms in total. The molecule has 4 atom stereocenters. The van der Waals surface area contributed by atoms with Gasteiger partial charge in [0.05, 0.1) is 18.6 Å². The molecule has 1 saturated carbocycles. The van der Waals surface area contributed by atoms with Gasteiger partial charge in [-0.25, -0.2) is 9.61 Å². The van der Waals surface area contributed by atoms with Gasteiger partial charge in [0, 0.05) is 26.4 Å². The topological polar surface area (TPSA) is 93.4 Å². The van der Waals surface area contributed by atoms with Crippen LogP contribution in [0.1, 0.15) is 24.2 Å². The average molecular weight is 371 g/mol. The predicted octanol–water partition coefficient (Wildman–Crippen LogP) is 1.68. The molecule has 27 heavy (non-hydrogen) atoms. The number of amides is 1. The number of methoxy groups -OCH3 is 1. The third-order valence-corrected chi connectivity index (χ3v) is 5.84. The quantitative estimate of drug-likeness (QED) is 0.854. The van der Waals surface area contributed by atoms with E-state index in [2.05, 4.69) is 20.6 Å². The molecule has 0 spiro atoms. The van der Waals surface area contributed by atoms with Crippen LogP contribution < -0.4 is 5.32 Å². The molecule has 144 valence electrons. The smallest absolute Gasteiger partial charge is 0.228 e. The number of hydrogen-bond acceptors (Lipinski definition) is 7. The van der Waals surface area contributed by atoms with Crippen molar-refractivity contribution in [3.63, 3.8) is 0 Å². The standard InChI is InChI=1S/C19H25N5O3/c1-12-15(23-27-22-12)9-19(25)24-10-13-7-16(17(26-2)8-14(13)11-24)21-18-5-3-4-6-20-18/h3-6,13-14,16-17H,7-11H2,1-2H3,(H,20,21)/t13-,14+,16-,17-/m1/s1. The molecule has 0 radical (unpaired) electrons. The number of pyridine rings is 1. The SMILES string of the molecule is CO[C@@H]1C[C@H]2CN(C(=O)Cc3nonc3C)C[C@H]2C[C@H]1Nc1ccccn1. The molecule has 1 N–H and O–H groups in total. The Morgan fingerprint density at radius 3 is 2.78 bits per heavy atom. The highest BCUT2D eigenvalue weighted by atomic mass is 16.6. The Hall–Kier alpha value is -2.48. The second-order valence-corrected chi connectivity index (χ2v) is 7.50. The summed E-state index contributed by atoms with van der Waals surface area (Å²) in [5.74, 6) is 1.89. The first-order valence-corrected chi connectivity index (χ1v) is 9.40. The molecule has 2 aliphatic rings. The van der Waals surface area contributed by atoms with Crippen molar-refractivity contribution in [2.45, 2.75) is 38.3 Å². The Morgan fingerprint density at radius 2 is 2.11 bits per heavy atom. The van der Waals surface area contributed by atoms with E-state index in [9.17, 15) is 4.79 Å². The molecule has 2 fully saturated rings. The lowest BCUT2D eigenvalue weighted by Crippen LogP contribution is -2.44. The molecule has 0 bridgehead atoms. The van der Waals surface area contributed by atoms with Crippen molar-refractivity contribution < 1.29 is 14.2 Å². The first-order chi connectivity index (χ1) is 13.1. The van der Waals surface area contributed by atoms with Crippen molar-refractivity contribution in [1.82, 2.24) is 20.2 Å². The van der Waals surface area contributed by atoms with Crippen LogP contribution >= 0.6 is 0 Å². The fourth-order valence-electron chi connectivity index (χ4n) is 4.33. The Labute approximate surface area is 158 Å².